The number of fused-ring (bicyclic) bond motifs is 1. The van der Waals surface area contributed by atoms with Crippen LogP contribution >= 0.6 is 0 Å². The van der Waals surface area contributed by atoms with E-state index in [9.17, 15) is 4.79 Å². The van der Waals surface area contributed by atoms with Crippen LogP contribution in [0, 0.1) is 0 Å². The van der Waals surface area contributed by atoms with Crippen LogP contribution in [0.15, 0.2) is 12.3 Å². The summed E-state index contributed by atoms with van der Waals surface area (Å²) < 4.78 is 0. The number of amides is 1. The van der Waals surface area contributed by atoms with E-state index in [1.807, 2.05) is 25.7 Å². The number of carbonyl (C=O) groups excluding carboxylic acids is 1. The zero-order chi connectivity index (χ0) is 10.3. The van der Waals surface area contributed by atoms with Crippen LogP contribution in [0.1, 0.15) is 36.8 Å². The van der Waals surface area contributed by atoms with Crippen LogP contribution < -0.4 is 0 Å². The first-order chi connectivity index (χ1) is 6.50. The topological polar surface area (TPSA) is 46.1 Å². The smallest absolute Gasteiger partial charge is 0.256 e. The van der Waals surface area contributed by atoms with Crippen molar-refractivity contribution in [2.45, 2.75) is 32.9 Å². The maximum atomic E-state index is 11.9. The second-order valence-corrected chi connectivity index (χ2v) is 4.45. The summed E-state index contributed by atoms with van der Waals surface area (Å²) in [6, 6.07) is 1.73. The number of nitrogens with zero attached hydrogens (tertiary/aromatic N) is 3. The minimum atomic E-state index is -0.155. The van der Waals surface area contributed by atoms with E-state index < -0.39 is 0 Å². The third kappa shape index (κ3) is 1.27. The highest BCUT2D eigenvalue weighted by Gasteiger charge is 2.35. The Morgan fingerprint density at radius 2 is 2.14 bits per heavy atom. The van der Waals surface area contributed by atoms with Crippen LogP contribution in [-0.4, -0.2) is 26.5 Å². The maximum absolute atomic E-state index is 11.9. The normalized spacial score (nSPS) is 15.9. The molecule has 0 fully saturated rings. The molecule has 1 aliphatic rings. The monoisotopic (exact) mass is 191 g/mol. The Hall–Kier alpha value is -1.45. The SMILES string of the molecule is CC(C)(C)N1Cc2nnccc2C1=O. The fourth-order valence-electron chi connectivity index (χ4n) is 1.58. The lowest BCUT2D eigenvalue weighted by atomic mass is 10.1. The minimum absolute atomic E-state index is 0.0578. The second kappa shape index (κ2) is 2.77. The van der Waals surface area contributed by atoms with Crippen molar-refractivity contribution in [3.63, 3.8) is 0 Å². The molecule has 2 rings (SSSR count). The van der Waals surface area contributed by atoms with Gasteiger partial charge in [-0.15, -0.1) is 0 Å². The Bertz CT molecular complexity index is 381. The summed E-state index contributed by atoms with van der Waals surface area (Å²) in [5, 5.41) is 7.74. The van der Waals surface area contributed by atoms with Crippen molar-refractivity contribution in [1.29, 1.82) is 0 Å². The zero-order valence-corrected chi connectivity index (χ0v) is 8.61. The first kappa shape index (κ1) is 9.12. The first-order valence-electron chi connectivity index (χ1n) is 4.62. The van der Waals surface area contributed by atoms with E-state index in [0.717, 1.165) is 5.69 Å². The summed E-state index contributed by atoms with van der Waals surface area (Å²) in [5.74, 6) is 0.0578. The van der Waals surface area contributed by atoms with Gasteiger partial charge in [-0.1, -0.05) is 0 Å². The van der Waals surface area contributed by atoms with Crippen molar-refractivity contribution in [1.82, 2.24) is 15.1 Å². The number of aromatic nitrogens is 2. The Balaban J connectivity index is 2.40. The van der Waals surface area contributed by atoms with Crippen molar-refractivity contribution >= 4 is 5.91 Å². The molecule has 0 saturated heterocycles. The van der Waals surface area contributed by atoms with Gasteiger partial charge in [0.1, 0.15) is 0 Å². The van der Waals surface area contributed by atoms with E-state index in [0.29, 0.717) is 12.1 Å². The molecule has 4 nitrogen and oxygen atoms in total. The average Bonchev–Trinajstić information content (AvgIpc) is 2.44. The summed E-state index contributed by atoms with van der Waals surface area (Å²) in [6.07, 6.45) is 1.56. The zero-order valence-electron chi connectivity index (χ0n) is 8.61. The van der Waals surface area contributed by atoms with E-state index in [1.165, 1.54) is 0 Å². The van der Waals surface area contributed by atoms with Gasteiger partial charge in [0.15, 0.2) is 0 Å². The van der Waals surface area contributed by atoms with E-state index in [2.05, 4.69) is 10.2 Å². The summed E-state index contributed by atoms with van der Waals surface area (Å²) in [6.45, 7) is 6.63. The van der Waals surface area contributed by atoms with Crippen molar-refractivity contribution in [3.05, 3.63) is 23.5 Å². The van der Waals surface area contributed by atoms with Crippen molar-refractivity contribution in [2.24, 2.45) is 0 Å². The number of rotatable bonds is 0. The fraction of sp³-hybridized carbons (Fsp3) is 0.500. The van der Waals surface area contributed by atoms with Crippen LogP contribution in [0.2, 0.25) is 0 Å². The molecule has 4 heteroatoms. The minimum Gasteiger partial charge on any atom is -0.328 e. The molecule has 1 aromatic heterocycles. The van der Waals surface area contributed by atoms with Gasteiger partial charge >= 0.3 is 0 Å². The van der Waals surface area contributed by atoms with Crippen LogP contribution in [0.5, 0.6) is 0 Å². The molecule has 0 bridgehead atoms. The molecule has 0 aromatic carbocycles. The number of carbonyl (C=O) groups is 1. The molecule has 14 heavy (non-hydrogen) atoms. The second-order valence-electron chi connectivity index (χ2n) is 4.45. The highest BCUT2D eigenvalue weighted by atomic mass is 16.2. The Morgan fingerprint density at radius 3 is 2.71 bits per heavy atom. The van der Waals surface area contributed by atoms with Gasteiger partial charge in [0.2, 0.25) is 0 Å². The molecule has 1 aromatic rings. The third-order valence-corrected chi connectivity index (χ3v) is 2.39. The Kier molecular flexibility index (Phi) is 1.80. The third-order valence-electron chi connectivity index (χ3n) is 2.39. The molecule has 0 radical (unpaired) electrons. The van der Waals surface area contributed by atoms with Gasteiger partial charge in [-0.2, -0.15) is 10.2 Å². The largest absolute Gasteiger partial charge is 0.328 e. The molecule has 0 unspecified atom stereocenters. The van der Waals surface area contributed by atoms with E-state index in [1.54, 1.807) is 12.3 Å². The quantitative estimate of drug-likeness (QED) is 0.619. The fourth-order valence-corrected chi connectivity index (χ4v) is 1.58. The summed E-state index contributed by atoms with van der Waals surface area (Å²) in [5.41, 5.74) is 1.32. The molecule has 1 aliphatic heterocycles. The lowest BCUT2D eigenvalue weighted by Gasteiger charge is -2.31. The van der Waals surface area contributed by atoms with Gasteiger partial charge in [-0.3, -0.25) is 4.79 Å². The lowest BCUT2D eigenvalue weighted by molar-refractivity contribution is 0.0608. The number of hydrogen-bond acceptors (Lipinski definition) is 3. The molecular formula is C10H13N3O. The van der Waals surface area contributed by atoms with Crippen molar-refractivity contribution in [2.75, 3.05) is 0 Å². The van der Waals surface area contributed by atoms with Crippen LogP contribution in [0.4, 0.5) is 0 Å². The van der Waals surface area contributed by atoms with Gasteiger partial charge in [0, 0.05) is 5.54 Å². The Morgan fingerprint density at radius 1 is 1.43 bits per heavy atom. The molecule has 74 valence electrons. The molecule has 0 atom stereocenters. The standard InChI is InChI=1S/C10H13N3O/c1-10(2,3)13-6-8-7(9(13)14)4-5-11-12-8/h4-5H,6H2,1-3H3. The predicted molar refractivity (Wildman–Crippen MR) is 51.7 cm³/mol. The van der Waals surface area contributed by atoms with Gasteiger partial charge in [-0.25, -0.2) is 0 Å². The number of hydrogen-bond donors (Lipinski definition) is 0. The average molecular weight is 191 g/mol. The van der Waals surface area contributed by atoms with E-state index in [4.69, 9.17) is 0 Å². The highest BCUT2D eigenvalue weighted by Crippen LogP contribution is 2.26. The predicted octanol–water partition coefficient (Wildman–Crippen LogP) is 1.23. The van der Waals surface area contributed by atoms with E-state index >= 15 is 0 Å². The first-order valence-corrected chi connectivity index (χ1v) is 4.62. The molecular weight excluding hydrogens is 178 g/mol. The van der Waals surface area contributed by atoms with Gasteiger partial charge in [0.05, 0.1) is 24.0 Å². The van der Waals surface area contributed by atoms with Crippen LogP contribution in [0.25, 0.3) is 0 Å². The Labute approximate surface area is 82.9 Å². The van der Waals surface area contributed by atoms with Crippen molar-refractivity contribution in [3.8, 4) is 0 Å². The van der Waals surface area contributed by atoms with Crippen molar-refractivity contribution < 1.29 is 4.79 Å². The molecule has 0 aliphatic carbocycles. The van der Waals surface area contributed by atoms with Crippen LogP contribution in [0.3, 0.4) is 0 Å². The molecule has 2 heterocycles. The highest BCUT2D eigenvalue weighted by molar-refractivity contribution is 5.98. The van der Waals surface area contributed by atoms with E-state index in [-0.39, 0.29) is 11.4 Å². The van der Waals surface area contributed by atoms with Gasteiger partial charge < -0.3 is 4.90 Å². The molecule has 0 N–H and O–H groups in total. The van der Waals surface area contributed by atoms with Gasteiger partial charge in [0.25, 0.3) is 5.91 Å². The summed E-state index contributed by atoms with van der Waals surface area (Å²) in [4.78, 5) is 13.7. The lowest BCUT2D eigenvalue weighted by Crippen LogP contribution is -2.41. The maximum Gasteiger partial charge on any atom is 0.256 e. The molecule has 0 spiro atoms. The summed E-state index contributed by atoms with van der Waals surface area (Å²) in [7, 11) is 0. The molecule has 1 amide bonds. The summed E-state index contributed by atoms with van der Waals surface area (Å²) >= 11 is 0. The van der Waals surface area contributed by atoms with Gasteiger partial charge in [-0.05, 0) is 26.8 Å². The molecule has 0 saturated carbocycles. The van der Waals surface area contributed by atoms with Crippen LogP contribution in [-0.2, 0) is 6.54 Å².